The highest BCUT2D eigenvalue weighted by Gasteiger charge is 2.07. The van der Waals surface area contributed by atoms with E-state index >= 15 is 0 Å². The third-order valence-corrected chi connectivity index (χ3v) is 4.87. The van der Waals surface area contributed by atoms with Crippen molar-refractivity contribution in [1.82, 2.24) is 0 Å². The van der Waals surface area contributed by atoms with Gasteiger partial charge >= 0.3 is 0 Å². The van der Waals surface area contributed by atoms with Gasteiger partial charge in [-0.1, -0.05) is 51.3 Å². The molecule has 0 unspecified atom stereocenters. The molecule has 0 saturated carbocycles. The van der Waals surface area contributed by atoms with Crippen molar-refractivity contribution < 1.29 is 0 Å². The first-order chi connectivity index (χ1) is 8.56. The lowest BCUT2D eigenvalue weighted by atomic mass is 10.0. The zero-order valence-corrected chi connectivity index (χ0v) is 13.7. The standard InChI is InChI=1S/C14H6Br2Cl2/c15-8-4-11-9(13(17)5-8)2-1-7-3-12(16)14(18)6-10(7)11/h1-6H. The van der Waals surface area contributed by atoms with Gasteiger partial charge < -0.3 is 0 Å². The second-order valence-electron chi connectivity index (χ2n) is 4.04. The molecule has 0 bridgehead atoms. The number of benzene rings is 3. The number of hydrogen-bond donors (Lipinski definition) is 0. The molecule has 0 radical (unpaired) electrons. The number of fused-ring (bicyclic) bond motifs is 3. The Morgan fingerprint density at radius 1 is 0.722 bits per heavy atom. The minimum Gasteiger partial charge on any atom is -0.0836 e. The summed E-state index contributed by atoms with van der Waals surface area (Å²) in [5.74, 6) is 0. The third kappa shape index (κ3) is 2.05. The van der Waals surface area contributed by atoms with Gasteiger partial charge in [-0.25, -0.2) is 0 Å². The second kappa shape index (κ2) is 4.68. The van der Waals surface area contributed by atoms with E-state index in [1.54, 1.807) is 0 Å². The monoisotopic (exact) mass is 402 g/mol. The number of halogens is 4. The van der Waals surface area contributed by atoms with Crippen LogP contribution in [0.3, 0.4) is 0 Å². The van der Waals surface area contributed by atoms with Crippen LogP contribution in [0.1, 0.15) is 0 Å². The molecule has 0 N–H and O–H groups in total. The minimum atomic E-state index is 0.700. The fourth-order valence-electron chi connectivity index (χ4n) is 2.08. The lowest BCUT2D eigenvalue weighted by Crippen LogP contribution is -1.81. The van der Waals surface area contributed by atoms with Crippen LogP contribution in [0.4, 0.5) is 0 Å². The quantitative estimate of drug-likeness (QED) is 0.360. The van der Waals surface area contributed by atoms with E-state index in [1.165, 1.54) is 0 Å². The largest absolute Gasteiger partial charge is 0.0836 e. The highest BCUT2D eigenvalue weighted by Crippen LogP contribution is 2.36. The Morgan fingerprint density at radius 2 is 1.50 bits per heavy atom. The van der Waals surface area contributed by atoms with Gasteiger partial charge in [-0.15, -0.1) is 0 Å². The summed E-state index contributed by atoms with van der Waals surface area (Å²) in [4.78, 5) is 0. The van der Waals surface area contributed by atoms with Gasteiger partial charge in [0.1, 0.15) is 0 Å². The van der Waals surface area contributed by atoms with Crippen molar-refractivity contribution >= 4 is 76.6 Å². The van der Waals surface area contributed by atoms with E-state index < -0.39 is 0 Å². The van der Waals surface area contributed by atoms with Crippen LogP contribution in [-0.2, 0) is 0 Å². The first-order valence-corrected chi connectivity index (χ1v) is 7.57. The van der Waals surface area contributed by atoms with E-state index in [1.807, 2.05) is 24.3 Å². The van der Waals surface area contributed by atoms with Gasteiger partial charge in [-0.05, 0) is 56.4 Å². The lowest BCUT2D eigenvalue weighted by molar-refractivity contribution is 1.70. The van der Waals surface area contributed by atoms with Crippen molar-refractivity contribution in [2.24, 2.45) is 0 Å². The molecule has 0 aliphatic heterocycles. The van der Waals surface area contributed by atoms with Crippen LogP contribution in [0, 0.1) is 0 Å². The zero-order chi connectivity index (χ0) is 12.9. The molecule has 0 nitrogen and oxygen atoms in total. The number of hydrogen-bond acceptors (Lipinski definition) is 0. The Bertz CT molecular complexity index is 782. The summed E-state index contributed by atoms with van der Waals surface area (Å²) in [5.41, 5.74) is 0. The predicted octanol–water partition coefficient (Wildman–Crippen LogP) is 6.82. The highest BCUT2D eigenvalue weighted by atomic mass is 79.9. The van der Waals surface area contributed by atoms with Crippen LogP contribution >= 0.6 is 55.1 Å². The maximum absolute atomic E-state index is 6.26. The Kier molecular flexibility index (Phi) is 3.31. The Balaban J connectivity index is 2.56. The molecule has 3 rings (SSSR count). The summed E-state index contributed by atoms with van der Waals surface area (Å²) < 4.78 is 1.86. The molecule has 0 aliphatic rings. The molecule has 0 saturated heterocycles. The highest BCUT2D eigenvalue weighted by molar-refractivity contribution is 9.10. The summed E-state index contributed by atoms with van der Waals surface area (Å²) in [6.45, 7) is 0. The molecule has 3 aromatic rings. The van der Waals surface area contributed by atoms with Gasteiger partial charge in [0.15, 0.2) is 0 Å². The summed E-state index contributed by atoms with van der Waals surface area (Å²) in [5, 5.41) is 5.80. The average molecular weight is 405 g/mol. The lowest BCUT2D eigenvalue weighted by Gasteiger charge is -2.08. The smallest absolute Gasteiger partial charge is 0.0554 e. The van der Waals surface area contributed by atoms with Crippen molar-refractivity contribution in [2.45, 2.75) is 0 Å². The molecule has 18 heavy (non-hydrogen) atoms. The molecule has 0 aromatic heterocycles. The SMILES string of the molecule is Clc1cc2c(ccc3c(Cl)cc(Br)cc32)cc1Br. The van der Waals surface area contributed by atoms with Gasteiger partial charge in [0, 0.05) is 19.4 Å². The van der Waals surface area contributed by atoms with Crippen molar-refractivity contribution in [2.75, 3.05) is 0 Å². The van der Waals surface area contributed by atoms with Crippen LogP contribution in [0.5, 0.6) is 0 Å². The molecule has 0 amide bonds. The molecular weight excluding hydrogens is 399 g/mol. The third-order valence-electron chi connectivity index (χ3n) is 2.91. The van der Waals surface area contributed by atoms with E-state index in [0.717, 1.165) is 35.5 Å². The summed E-state index contributed by atoms with van der Waals surface area (Å²) in [6, 6.07) is 12.0. The molecule has 0 heterocycles. The first kappa shape index (κ1) is 12.7. The van der Waals surface area contributed by atoms with Crippen molar-refractivity contribution in [3.63, 3.8) is 0 Å². The van der Waals surface area contributed by atoms with Gasteiger partial charge in [0.25, 0.3) is 0 Å². The van der Waals surface area contributed by atoms with Crippen LogP contribution in [0.2, 0.25) is 10.0 Å². The maximum Gasteiger partial charge on any atom is 0.0554 e. The molecule has 0 fully saturated rings. The topological polar surface area (TPSA) is 0 Å². The second-order valence-corrected chi connectivity index (χ2v) is 6.62. The van der Waals surface area contributed by atoms with Crippen molar-refractivity contribution in [1.29, 1.82) is 0 Å². The van der Waals surface area contributed by atoms with E-state index in [9.17, 15) is 0 Å². The van der Waals surface area contributed by atoms with Crippen molar-refractivity contribution in [3.8, 4) is 0 Å². The minimum absolute atomic E-state index is 0.700. The van der Waals surface area contributed by atoms with Crippen LogP contribution in [0.15, 0.2) is 45.3 Å². The molecule has 4 heteroatoms. The van der Waals surface area contributed by atoms with Gasteiger partial charge in [-0.3, -0.25) is 0 Å². The van der Waals surface area contributed by atoms with E-state index in [4.69, 9.17) is 23.2 Å². The summed E-state index contributed by atoms with van der Waals surface area (Å²) in [6.07, 6.45) is 0. The average Bonchev–Trinajstić information content (AvgIpc) is 2.30. The molecule has 0 aliphatic carbocycles. The molecule has 0 atom stereocenters. The first-order valence-electron chi connectivity index (χ1n) is 5.23. The van der Waals surface area contributed by atoms with E-state index in [2.05, 4.69) is 44.0 Å². The normalized spacial score (nSPS) is 11.3. The van der Waals surface area contributed by atoms with Crippen LogP contribution < -0.4 is 0 Å². The summed E-state index contributed by atoms with van der Waals surface area (Å²) >= 11 is 19.4. The maximum atomic E-state index is 6.26. The van der Waals surface area contributed by atoms with E-state index in [0.29, 0.717) is 5.02 Å². The Hall–Kier alpha value is -0.280. The Morgan fingerprint density at radius 3 is 2.28 bits per heavy atom. The fraction of sp³-hybridized carbons (Fsp3) is 0. The fourth-order valence-corrected chi connectivity index (χ4v) is 3.48. The summed E-state index contributed by atoms with van der Waals surface area (Å²) in [7, 11) is 0. The van der Waals surface area contributed by atoms with Gasteiger partial charge in [-0.2, -0.15) is 0 Å². The molecule has 3 aromatic carbocycles. The van der Waals surface area contributed by atoms with Crippen LogP contribution in [-0.4, -0.2) is 0 Å². The predicted molar refractivity (Wildman–Crippen MR) is 86.9 cm³/mol. The number of rotatable bonds is 0. The molecular formula is C14H6Br2Cl2. The molecule has 90 valence electrons. The van der Waals surface area contributed by atoms with E-state index in [-0.39, 0.29) is 0 Å². The van der Waals surface area contributed by atoms with Crippen molar-refractivity contribution in [3.05, 3.63) is 55.4 Å². The molecule has 0 spiro atoms. The van der Waals surface area contributed by atoms with Gasteiger partial charge in [0.2, 0.25) is 0 Å². The van der Waals surface area contributed by atoms with Crippen LogP contribution in [0.25, 0.3) is 21.5 Å². The zero-order valence-electron chi connectivity index (χ0n) is 8.98. The Labute approximate surface area is 131 Å². The van der Waals surface area contributed by atoms with Gasteiger partial charge in [0.05, 0.1) is 5.02 Å².